The third-order valence-corrected chi connectivity index (χ3v) is 3.25. The van der Waals surface area contributed by atoms with Crippen LogP contribution in [0.1, 0.15) is 39.3 Å². The number of aliphatic hydroxyl groups excluding tert-OH is 1. The fraction of sp³-hybridized carbons (Fsp3) is 0.571. The van der Waals surface area contributed by atoms with Crippen molar-refractivity contribution in [1.82, 2.24) is 5.32 Å². The van der Waals surface area contributed by atoms with Gasteiger partial charge in [-0.1, -0.05) is 24.6 Å². The number of hydrogen-bond acceptors (Lipinski definition) is 3. The van der Waals surface area contributed by atoms with Gasteiger partial charge in [-0.15, -0.1) is 0 Å². The molecule has 4 heteroatoms. The summed E-state index contributed by atoms with van der Waals surface area (Å²) in [4.78, 5) is 0. The monoisotopic (exact) mass is 271 g/mol. The Balaban J connectivity index is 2.79. The van der Waals surface area contributed by atoms with Crippen LogP contribution in [0.25, 0.3) is 0 Å². The predicted molar refractivity (Wildman–Crippen MR) is 75.3 cm³/mol. The van der Waals surface area contributed by atoms with Crippen LogP contribution >= 0.6 is 11.6 Å². The Hall–Kier alpha value is -0.770. The Bertz CT molecular complexity index is 382. The lowest BCUT2D eigenvalue weighted by Crippen LogP contribution is -2.25. The van der Waals surface area contributed by atoms with E-state index in [2.05, 4.69) is 19.2 Å². The topological polar surface area (TPSA) is 41.5 Å². The summed E-state index contributed by atoms with van der Waals surface area (Å²) in [6, 6.07) is 6.00. The highest BCUT2D eigenvalue weighted by molar-refractivity contribution is 6.32. The second-order valence-electron chi connectivity index (χ2n) is 4.53. The molecule has 0 amide bonds. The van der Waals surface area contributed by atoms with Crippen LogP contribution in [0.2, 0.25) is 5.02 Å². The summed E-state index contributed by atoms with van der Waals surface area (Å²) in [6.07, 6.45) is -0.805. The average Bonchev–Trinajstić information content (AvgIpc) is 2.31. The first-order valence-electron chi connectivity index (χ1n) is 6.33. The normalized spacial score (nSPS) is 16.1. The van der Waals surface area contributed by atoms with Crippen LogP contribution < -0.4 is 10.1 Å². The number of rotatable bonds is 6. The molecule has 0 saturated heterocycles. The molecule has 3 unspecified atom stereocenters. The van der Waals surface area contributed by atoms with Crippen LogP contribution in [0.3, 0.4) is 0 Å². The molecule has 0 aliphatic carbocycles. The van der Waals surface area contributed by atoms with Gasteiger partial charge in [-0.2, -0.15) is 0 Å². The molecule has 0 saturated carbocycles. The fourth-order valence-electron chi connectivity index (χ4n) is 1.60. The van der Waals surface area contributed by atoms with Crippen molar-refractivity contribution in [3.05, 3.63) is 28.8 Å². The molecule has 18 heavy (non-hydrogen) atoms. The summed E-state index contributed by atoms with van der Waals surface area (Å²) < 4.78 is 5.60. The molecule has 3 atom stereocenters. The van der Waals surface area contributed by atoms with E-state index in [4.69, 9.17) is 16.3 Å². The molecule has 0 spiro atoms. The predicted octanol–water partition coefficient (Wildman–Crippen LogP) is 3.16. The highest BCUT2D eigenvalue weighted by Gasteiger charge is 2.13. The Labute approximate surface area is 114 Å². The minimum Gasteiger partial charge on any atom is -0.486 e. The maximum atomic E-state index is 9.41. The van der Waals surface area contributed by atoms with Gasteiger partial charge in [-0.05, 0) is 45.0 Å². The summed E-state index contributed by atoms with van der Waals surface area (Å²) in [5.74, 6) is 0.609. The number of hydrogen-bond donors (Lipinski definition) is 2. The first-order valence-corrected chi connectivity index (χ1v) is 6.71. The second kappa shape index (κ2) is 6.98. The van der Waals surface area contributed by atoms with Crippen molar-refractivity contribution in [1.29, 1.82) is 0 Å². The van der Waals surface area contributed by atoms with Crippen LogP contribution in [0, 0.1) is 0 Å². The van der Waals surface area contributed by atoms with Crippen molar-refractivity contribution >= 4 is 11.6 Å². The number of aliphatic hydroxyl groups is 1. The molecule has 1 aromatic rings. The highest BCUT2D eigenvalue weighted by atomic mass is 35.5. The minimum absolute atomic E-state index is 0.260. The molecule has 0 aliphatic heterocycles. The van der Waals surface area contributed by atoms with E-state index in [0.29, 0.717) is 10.8 Å². The molecule has 0 bridgehead atoms. The summed E-state index contributed by atoms with van der Waals surface area (Å²) in [6.45, 7) is 8.58. The Kier molecular flexibility index (Phi) is 5.93. The van der Waals surface area contributed by atoms with Crippen molar-refractivity contribution in [2.75, 3.05) is 6.54 Å². The van der Waals surface area contributed by atoms with Gasteiger partial charge in [-0.3, -0.25) is 0 Å². The van der Waals surface area contributed by atoms with Crippen LogP contribution in [-0.4, -0.2) is 23.9 Å². The fourth-order valence-corrected chi connectivity index (χ4v) is 1.84. The number of nitrogens with one attached hydrogen (secondary N) is 1. The molecule has 0 aromatic heterocycles. The van der Waals surface area contributed by atoms with Gasteiger partial charge in [-0.25, -0.2) is 0 Å². The zero-order valence-corrected chi connectivity index (χ0v) is 12.2. The molecule has 0 aliphatic rings. The Morgan fingerprint density at radius 2 is 2.00 bits per heavy atom. The average molecular weight is 272 g/mol. The summed E-state index contributed by atoms with van der Waals surface area (Å²) in [5, 5.41) is 13.3. The van der Waals surface area contributed by atoms with Gasteiger partial charge >= 0.3 is 0 Å². The summed E-state index contributed by atoms with van der Waals surface area (Å²) in [7, 11) is 0. The molecule has 102 valence electrons. The molecule has 2 N–H and O–H groups in total. The first kappa shape index (κ1) is 15.3. The lowest BCUT2D eigenvalue weighted by molar-refractivity contribution is 0.0605. The van der Waals surface area contributed by atoms with Crippen LogP contribution in [0.5, 0.6) is 5.75 Å². The second-order valence-corrected chi connectivity index (χ2v) is 4.94. The van der Waals surface area contributed by atoms with E-state index in [0.717, 1.165) is 12.1 Å². The van der Waals surface area contributed by atoms with Gasteiger partial charge in [0.2, 0.25) is 0 Å². The lowest BCUT2D eigenvalue weighted by Gasteiger charge is -2.19. The van der Waals surface area contributed by atoms with E-state index in [1.54, 1.807) is 6.92 Å². The maximum absolute atomic E-state index is 9.41. The van der Waals surface area contributed by atoms with Crippen molar-refractivity contribution in [3.8, 4) is 5.75 Å². The van der Waals surface area contributed by atoms with Gasteiger partial charge in [0.05, 0.1) is 11.1 Å². The molecule has 0 radical (unpaired) electrons. The van der Waals surface area contributed by atoms with Crippen molar-refractivity contribution in [2.45, 2.75) is 45.9 Å². The van der Waals surface area contributed by atoms with Crippen molar-refractivity contribution in [3.63, 3.8) is 0 Å². The van der Waals surface area contributed by atoms with Crippen LogP contribution in [0.4, 0.5) is 0 Å². The quantitative estimate of drug-likeness (QED) is 0.835. The van der Waals surface area contributed by atoms with Crippen LogP contribution in [-0.2, 0) is 0 Å². The molecular weight excluding hydrogens is 250 g/mol. The summed E-state index contributed by atoms with van der Waals surface area (Å²) >= 11 is 6.19. The smallest absolute Gasteiger partial charge is 0.138 e. The van der Waals surface area contributed by atoms with E-state index in [-0.39, 0.29) is 12.1 Å². The largest absolute Gasteiger partial charge is 0.486 e. The Morgan fingerprint density at radius 1 is 1.33 bits per heavy atom. The van der Waals surface area contributed by atoms with Gasteiger partial charge in [0, 0.05) is 6.04 Å². The van der Waals surface area contributed by atoms with Crippen molar-refractivity contribution < 1.29 is 9.84 Å². The Morgan fingerprint density at radius 3 is 2.50 bits per heavy atom. The van der Waals surface area contributed by atoms with Crippen molar-refractivity contribution in [2.24, 2.45) is 0 Å². The standard InChI is InChI=1S/C14H22ClNO2/c1-5-16-9(2)12-6-7-14(13(15)8-12)18-11(4)10(3)17/h6-11,16-17H,5H2,1-4H3. The van der Waals surface area contributed by atoms with E-state index >= 15 is 0 Å². The molecule has 1 aromatic carbocycles. The van der Waals surface area contributed by atoms with Crippen LogP contribution in [0.15, 0.2) is 18.2 Å². The zero-order valence-electron chi connectivity index (χ0n) is 11.4. The third-order valence-electron chi connectivity index (χ3n) is 2.96. The van der Waals surface area contributed by atoms with E-state index < -0.39 is 6.10 Å². The number of ether oxygens (including phenoxy) is 1. The van der Waals surface area contributed by atoms with Gasteiger partial charge in [0.25, 0.3) is 0 Å². The molecule has 1 rings (SSSR count). The molecule has 0 heterocycles. The van der Waals surface area contributed by atoms with Gasteiger partial charge in [0.15, 0.2) is 0 Å². The third kappa shape index (κ3) is 4.16. The SMILES string of the molecule is CCNC(C)c1ccc(OC(C)C(C)O)c(Cl)c1. The molecular formula is C14H22ClNO2. The summed E-state index contributed by atoms with van der Waals surface area (Å²) in [5.41, 5.74) is 1.12. The first-order chi connectivity index (χ1) is 8.45. The maximum Gasteiger partial charge on any atom is 0.138 e. The van der Waals surface area contributed by atoms with Gasteiger partial charge < -0.3 is 15.2 Å². The van der Waals surface area contributed by atoms with E-state index in [1.807, 2.05) is 25.1 Å². The highest BCUT2D eigenvalue weighted by Crippen LogP contribution is 2.29. The van der Waals surface area contributed by atoms with E-state index in [1.165, 1.54) is 0 Å². The number of halogens is 1. The lowest BCUT2D eigenvalue weighted by atomic mass is 10.1. The zero-order chi connectivity index (χ0) is 13.7. The minimum atomic E-state index is -0.526. The molecule has 0 fully saturated rings. The molecule has 3 nitrogen and oxygen atoms in total. The van der Waals surface area contributed by atoms with E-state index in [9.17, 15) is 5.11 Å². The number of benzene rings is 1. The van der Waals surface area contributed by atoms with Gasteiger partial charge in [0.1, 0.15) is 11.9 Å².